The lowest BCUT2D eigenvalue weighted by atomic mass is 10.0. The van der Waals surface area contributed by atoms with E-state index in [1.165, 1.54) is 0 Å². The number of nitrogens with zero attached hydrogens (tertiary/aromatic N) is 5. The predicted molar refractivity (Wildman–Crippen MR) is 79.9 cm³/mol. The van der Waals surface area contributed by atoms with E-state index in [0.717, 1.165) is 37.5 Å². The van der Waals surface area contributed by atoms with E-state index < -0.39 is 0 Å². The highest BCUT2D eigenvalue weighted by Crippen LogP contribution is 2.22. The Hall–Kier alpha value is -1.66. The third-order valence-corrected chi connectivity index (χ3v) is 4.24. The molecule has 1 aliphatic rings. The maximum absolute atomic E-state index is 5.86. The summed E-state index contributed by atoms with van der Waals surface area (Å²) in [5.74, 6) is 1.02. The molecule has 108 valence electrons. The van der Waals surface area contributed by atoms with Gasteiger partial charge in [-0.05, 0) is 19.9 Å². The van der Waals surface area contributed by atoms with Crippen LogP contribution in [0.4, 0.5) is 5.82 Å². The first-order chi connectivity index (χ1) is 9.62. The Morgan fingerprint density at radius 2 is 1.95 bits per heavy atom. The molecule has 0 aliphatic carbocycles. The van der Waals surface area contributed by atoms with Gasteiger partial charge in [0.05, 0.1) is 6.20 Å². The van der Waals surface area contributed by atoms with E-state index in [0.29, 0.717) is 6.54 Å². The molecule has 0 aromatic carbocycles. The van der Waals surface area contributed by atoms with Crippen molar-refractivity contribution < 1.29 is 0 Å². The van der Waals surface area contributed by atoms with Crippen LogP contribution >= 0.6 is 0 Å². The first-order valence-electron chi connectivity index (χ1n) is 7.10. The molecule has 0 unspecified atom stereocenters. The molecule has 6 nitrogen and oxygen atoms in total. The van der Waals surface area contributed by atoms with Crippen LogP contribution in [0.2, 0.25) is 0 Å². The van der Waals surface area contributed by atoms with Crippen molar-refractivity contribution in [1.29, 1.82) is 0 Å². The Labute approximate surface area is 119 Å². The molecule has 0 bridgehead atoms. The zero-order valence-electron chi connectivity index (χ0n) is 12.2. The third kappa shape index (κ3) is 2.25. The highest BCUT2D eigenvalue weighted by molar-refractivity contribution is 5.68. The van der Waals surface area contributed by atoms with Gasteiger partial charge in [-0.3, -0.25) is 4.90 Å². The van der Waals surface area contributed by atoms with Gasteiger partial charge in [0.2, 0.25) is 0 Å². The molecular weight excluding hydrogens is 252 g/mol. The maximum Gasteiger partial charge on any atom is 0.154 e. The molecule has 0 spiro atoms. The van der Waals surface area contributed by atoms with Crippen LogP contribution in [0.5, 0.6) is 0 Å². The fourth-order valence-corrected chi connectivity index (χ4v) is 2.74. The molecular formula is C14H22N6. The molecule has 1 fully saturated rings. The summed E-state index contributed by atoms with van der Waals surface area (Å²) in [4.78, 5) is 9.32. The van der Waals surface area contributed by atoms with E-state index in [-0.39, 0.29) is 5.54 Å². The molecule has 3 rings (SSSR count). The Morgan fingerprint density at radius 1 is 1.20 bits per heavy atom. The third-order valence-electron chi connectivity index (χ3n) is 4.24. The average Bonchev–Trinajstić information content (AvgIpc) is 2.95. The molecule has 2 aromatic heterocycles. The largest absolute Gasteiger partial charge is 0.352 e. The monoisotopic (exact) mass is 274 g/mol. The molecule has 1 aliphatic heterocycles. The van der Waals surface area contributed by atoms with E-state index >= 15 is 0 Å². The number of fused-ring (bicyclic) bond motifs is 1. The highest BCUT2D eigenvalue weighted by Gasteiger charge is 2.29. The van der Waals surface area contributed by atoms with Crippen LogP contribution < -0.4 is 10.6 Å². The first kappa shape index (κ1) is 13.3. The summed E-state index contributed by atoms with van der Waals surface area (Å²) in [6.45, 7) is 9.07. The van der Waals surface area contributed by atoms with Gasteiger partial charge in [0.25, 0.3) is 0 Å². The van der Waals surface area contributed by atoms with Gasteiger partial charge in [0.1, 0.15) is 5.52 Å². The van der Waals surface area contributed by atoms with Crippen molar-refractivity contribution in [1.82, 2.24) is 19.5 Å². The minimum atomic E-state index is 0.0716. The number of nitrogens with two attached hydrogens (primary N) is 1. The number of rotatable bonds is 3. The zero-order chi connectivity index (χ0) is 14.2. The normalized spacial score (nSPS) is 17.9. The first-order valence-corrected chi connectivity index (χ1v) is 7.10. The standard InChI is InChI=1S/C14H22N6/c1-14(2,11-15)19-9-7-18(8-10-19)13-12-3-4-17-20(12)6-5-16-13/h3-6H,7-11,15H2,1-2H3. The van der Waals surface area contributed by atoms with Gasteiger partial charge in [0, 0.05) is 50.7 Å². The molecule has 0 atom stereocenters. The lowest BCUT2D eigenvalue weighted by Crippen LogP contribution is -2.57. The van der Waals surface area contributed by atoms with Gasteiger partial charge >= 0.3 is 0 Å². The fourth-order valence-electron chi connectivity index (χ4n) is 2.74. The Morgan fingerprint density at radius 3 is 2.65 bits per heavy atom. The molecule has 2 N–H and O–H groups in total. The SMILES string of the molecule is CC(C)(CN)N1CCN(c2nccn3nccc23)CC1. The number of hydrogen-bond donors (Lipinski definition) is 1. The van der Waals surface area contributed by atoms with Crippen molar-refractivity contribution in [2.75, 3.05) is 37.6 Å². The van der Waals surface area contributed by atoms with E-state index in [2.05, 4.69) is 33.7 Å². The molecule has 0 radical (unpaired) electrons. The second kappa shape index (κ2) is 5.03. The van der Waals surface area contributed by atoms with Crippen LogP contribution in [0, 0.1) is 0 Å². The number of hydrogen-bond acceptors (Lipinski definition) is 5. The molecule has 0 saturated carbocycles. The molecule has 6 heteroatoms. The quantitative estimate of drug-likeness (QED) is 0.887. The lowest BCUT2D eigenvalue weighted by Gasteiger charge is -2.43. The van der Waals surface area contributed by atoms with Crippen molar-refractivity contribution in [3.05, 3.63) is 24.7 Å². The second-order valence-electron chi connectivity index (χ2n) is 5.90. The minimum Gasteiger partial charge on any atom is -0.352 e. The zero-order valence-corrected chi connectivity index (χ0v) is 12.2. The summed E-state index contributed by atoms with van der Waals surface area (Å²) in [5, 5.41) is 4.26. The van der Waals surface area contributed by atoms with Crippen LogP contribution in [0.15, 0.2) is 24.7 Å². The topological polar surface area (TPSA) is 62.7 Å². The van der Waals surface area contributed by atoms with Crippen LogP contribution in [0.1, 0.15) is 13.8 Å². The number of anilines is 1. The van der Waals surface area contributed by atoms with Gasteiger partial charge in [0.15, 0.2) is 5.82 Å². The summed E-state index contributed by atoms with van der Waals surface area (Å²) in [6.07, 6.45) is 5.51. The Bertz CT molecular complexity index is 582. The van der Waals surface area contributed by atoms with Crippen molar-refractivity contribution >= 4 is 11.3 Å². The Kier molecular flexibility index (Phi) is 3.35. The summed E-state index contributed by atoms with van der Waals surface area (Å²) < 4.78 is 1.87. The summed E-state index contributed by atoms with van der Waals surface area (Å²) in [7, 11) is 0. The fraction of sp³-hybridized carbons (Fsp3) is 0.571. The second-order valence-corrected chi connectivity index (χ2v) is 5.90. The van der Waals surface area contributed by atoms with Crippen molar-refractivity contribution in [3.8, 4) is 0 Å². The van der Waals surface area contributed by atoms with Crippen LogP contribution in [0.3, 0.4) is 0 Å². The van der Waals surface area contributed by atoms with Gasteiger partial charge in [-0.25, -0.2) is 9.50 Å². The molecule has 0 amide bonds. The van der Waals surface area contributed by atoms with Crippen molar-refractivity contribution in [2.24, 2.45) is 5.73 Å². The van der Waals surface area contributed by atoms with E-state index in [4.69, 9.17) is 5.73 Å². The maximum atomic E-state index is 5.86. The predicted octanol–water partition coefficient (Wildman–Crippen LogP) is 0.589. The minimum absolute atomic E-state index is 0.0716. The van der Waals surface area contributed by atoms with E-state index in [1.54, 1.807) is 0 Å². The number of aromatic nitrogens is 3. The van der Waals surface area contributed by atoms with Crippen LogP contribution in [-0.2, 0) is 0 Å². The van der Waals surface area contributed by atoms with Crippen LogP contribution in [-0.4, -0.2) is 57.8 Å². The Balaban J connectivity index is 1.77. The van der Waals surface area contributed by atoms with Gasteiger partial charge < -0.3 is 10.6 Å². The summed E-state index contributed by atoms with van der Waals surface area (Å²) in [5.41, 5.74) is 7.00. The van der Waals surface area contributed by atoms with Gasteiger partial charge in [-0.2, -0.15) is 5.10 Å². The van der Waals surface area contributed by atoms with E-state index in [9.17, 15) is 0 Å². The molecule has 2 aromatic rings. The van der Waals surface area contributed by atoms with Gasteiger partial charge in [-0.1, -0.05) is 0 Å². The summed E-state index contributed by atoms with van der Waals surface area (Å²) in [6, 6.07) is 2.01. The smallest absolute Gasteiger partial charge is 0.154 e. The molecule has 1 saturated heterocycles. The number of piperazine rings is 1. The van der Waals surface area contributed by atoms with E-state index in [1.807, 2.05) is 29.2 Å². The molecule has 20 heavy (non-hydrogen) atoms. The van der Waals surface area contributed by atoms with Crippen molar-refractivity contribution in [2.45, 2.75) is 19.4 Å². The van der Waals surface area contributed by atoms with Crippen LogP contribution in [0.25, 0.3) is 5.52 Å². The van der Waals surface area contributed by atoms with Gasteiger partial charge in [-0.15, -0.1) is 0 Å². The molecule has 3 heterocycles. The average molecular weight is 274 g/mol. The summed E-state index contributed by atoms with van der Waals surface area (Å²) >= 11 is 0. The lowest BCUT2D eigenvalue weighted by molar-refractivity contribution is 0.119. The highest BCUT2D eigenvalue weighted by atomic mass is 15.3. The van der Waals surface area contributed by atoms with Crippen molar-refractivity contribution in [3.63, 3.8) is 0 Å².